The van der Waals surface area contributed by atoms with Crippen molar-refractivity contribution in [3.63, 3.8) is 0 Å². The van der Waals surface area contributed by atoms with Gasteiger partial charge in [-0.15, -0.1) is 0 Å². The van der Waals surface area contributed by atoms with Crippen molar-refractivity contribution in [2.75, 3.05) is 20.2 Å². The van der Waals surface area contributed by atoms with E-state index in [9.17, 15) is 0 Å². The maximum absolute atomic E-state index is 5.45. The highest BCUT2D eigenvalue weighted by atomic mass is 32.2. The Morgan fingerprint density at radius 3 is 2.32 bits per heavy atom. The molecule has 0 amide bonds. The van der Waals surface area contributed by atoms with Gasteiger partial charge in [-0.25, -0.2) is 0 Å². The zero-order chi connectivity index (χ0) is 24.9. The minimum Gasteiger partial charge on any atom is -0.497 e. The first-order chi connectivity index (χ1) is 16.2. The van der Waals surface area contributed by atoms with Crippen LogP contribution in [0.3, 0.4) is 0 Å². The summed E-state index contributed by atoms with van der Waals surface area (Å²) in [7, 11) is 1.64. The van der Waals surface area contributed by atoms with Gasteiger partial charge >= 0.3 is 0 Å². The van der Waals surface area contributed by atoms with Crippen molar-refractivity contribution in [2.24, 2.45) is 0 Å². The molecule has 6 heteroatoms. The van der Waals surface area contributed by atoms with E-state index >= 15 is 0 Å². The third-order valence-electron chi connectivity index (χ3n) is 6.40. The van der Waals surface area contributed by atoms with E-state index in [2.05, 4.69) is 72.0 Å². The van der Waals surface area contributed by atoms with Gasteiger partial charge in [0.05, 0.1) is 29.3 Å². The monoisotopic (exact) mass is 476 g/mol. The van der Waals surface area contributed by atoms with E-state index in [4.69, 9.17) is 4.74 Å². The summed E-state index contributed by atoms with van der Waals surface area (Å²) in [5.74, 6) is 2.29. The van der Waals surface area contributed by atoms with E-state index < -0.39 is 0 Å². The van der Waals surface area contributed by atoms with Gasteiger partial charge < -0.3 is 25.6 Å². The minimum absolute atomic E-state index is 0.121. The molecule has 3 rings (SSSR count). The SMILES string of the molecule is C=C1NC(=C)C2(CCN(C(=C)NC(=C)SC(/C(=C\C)c3ccccc3)=C(\C)C(=C)OC)CC2)N1. The number of piperidine rings is 1. The Balaban J connectivity index is 1.70. The summed E-state index contributed by atoms with van der Waals surface area (Å²) in [5, 5.41) is 10.9. The van der Waals surface area contributed by atoms with Crippen molar-refractivity contribution in [2.45, 2.75) is 32.2 Å². The van der Waals surface area contributed by atoms with Gasteiger partial charge in [0.15, 0.2) is 0 Å². The first kappa shape index (κ1) is 25.4. The highest BCUT2D eigenvalue weighted by Gasteiger charge is 2.41. The predicted molar refractivity (Wildman–Crippen MR) is 146 cm³/mol. The number of allylic oxidation sites excluding steroid dienone is 3. The van der Waals surface area contributed by atoms with Crippen LogP contribution < -0.4 is 16.0 Å². The van der Waals surface area contributed by atoms with E-state index in [0.717, 1.165) is 69.9 Å². The molecule has 5 nitrogen and oxygen atoms in total. The number of methoxy groups -OCH3 is 1. The fraction of sp³-hybridized carbons (Fsp3) is 0.286. The van der Waals surface area contributed by atoms with E-state index in [1.165, 1.54) is 0 Å². The van der Waals surface area contributed by atoms with Crippen molar-refractivity contribution < 1.29 is 4.74 Å². The molecule has 34 heavy (non-hydrogen) atoms. The van der Waals surface area contributed by atoms with Gasteiger partial charge in [0, 0.05) is 29.3 Å². The highest BCUT2D eigenvalue weighted by molar-refractivity contribution is 8.07. The molecule has 1 aromatic carbocycles. The number of ether oxygens (including phenoxy) is 1. The Morgan fingerprint density at radius 2 is 1.79 bits per heavy atom. The van der Waals surface area contributed by atoms with Crippen molar-refractivity contribution in [3.05, 3.63) is 113 Å². The summed E-state index contributed by atoms with van der Waals surface area (Å²) in [6.45, 7) is 26.6. The summed E-state index contributed by atoms with van der Waals surface area (Å²) >= 11 is 1.57. The van der Waals surface area contributed by atoms with Crippen LogP contribution in [0.5, 0.6) is 0 Å². The molecule has 2 heterocycles. The zero-order valence-corrected chi connectivity index (χ0v) is 21.4. The quantitative estimate of drug-likeness (QED) is 0.309. The van der Waals surface area contributed by atoms with E-state index in [1.807, 2.05) is 32.0 Å². The first-order valence-corrected chi connectivity index (χ1v) is 12.2. The molecule has 0 aromatic heterocycles. The average molecular weight is 477 g/mol. The summed E-state index contributed by atoms with van der Waals surface area (Å²) in [6.07, 6.45) is 3.96. The zero-order valence-electron chi connectivity index (χ0n) is 20.6. The number of likely N-dealkylation sites (tertiary alicyclic amines) is 1. The lowest BCUT2D eigenvalue weighted by molar-refractivity contribution is 0.201. The average Bonchev–Trinajstić information content (AvgIpc) is 3.10. The molecule has 2 aliphatic heterocycles. The van der Waals surface area contributed by atoms with Crippen molar-refractivity contribution in [3.8, 4) is 0 Å². The molecule has 0 bridgehead atoms. The molecular formula is C28H36N4OS. The van der Waals surface area contributed by atoms with Gasteiger partial charge in [0.1, 0.15) is 5.76 Å². The highest BCUT2D eigenvalue weighted by Crippen LogP contribution is 2.39. The summed E-state index contributed by atoms with van der Waals surface area (Å²) < 4.78 is 5.45. The van der Waals surface area contributed by atoms with Crippen LogP contribution in [0.25, 0.3) is 5.57 Å². The van der Waals surface area contributed by atoms with Crippen LogP contribution in [0.15, 0.2) is 108 Å². The largest absolute Gasteiger partial charge is 0.497 e. The molecule has 1 aromatic rings. The lowest BCUT2D eigenvalue weighted by atomic mass is 9.86. The molecule has 0 atom stereocenters. The van der Waals surface area contributed by atoms with E-state index in [1.54, 1.807) is 18.9 Å². The van der Waals surface area contributed by atoms with Crippen LogP contribution in [-0.4, -0.2) is 30.6 Å². The topological polar surface area (TPSA) is 48.6 Å². The Kier molecular flexibility index (Phi) is 8.05. The van der Waals surface area contributed by atoms with Crippen LogP contribution in [0, 0.1) is 0 Å². The molecular weight excluding hydrogens is 440 g/mol. The van der Waals surface area contributed by atoms with Crippen LogP contribution in [0.4, 0.5) is 0 Å². The number of thioether (sulfide) groups is 1. The number of benzene rings is 1. The molecule has 0 saturated carbocycles. The van der Waals surface area contributed by atoms with Crippen LogP contribution in [0.1, 0.15) is 32.3 Å². The fourth-order valence-corrected chi connectivity index (χ4v) is 5.36. The van der Waals surface area contributed by atoms with Gasteiger partial charge in [-0.05, 0) is 37.8 Å². The standard InChI is InChI=1S/C28H36N4OS/c1-9-26(25-13-11-10-12-14-25)27(19(2)20(3)33-8)34-24(7)30-23(6)32-17-15-28(16-18-32)21(4)29-22(5)31-28/h9-14,29-31H,3-7,15-18H2,1-2,8H3/b26-9-,27-19+. The smallest absolute Gasteiger partial charge is 0.115 e. The van der Waals surface area contributed by atoms with Gasteiger partial charge in [-0.2, -0.15) is 0 Å². The van der Waals surface area contributed by atoms with Gasteiger partial charge in [-0.1, -0.05) is 81.1 Å². The van der Waals surface area contributed by atoms with E-state index in [-0.39, 0.29) is 5.54 Å². The number of nitrogens with one attached hydrogen (secondary N) is 3. The van der Waals surface area contributed by atoms with Gasteiger partial charge in [0.2, 0.25) is 0 Å². The Morgan fingerprint density at radius 1 is 1.15 bits per heavy atom. The number of hydrogen-bond donors (Lipinski definition) is 3. The molecule has 0 radical (unpaired) electrons. The minimum atomic E-state index is -0.121. The third-order valence-corrected chi connectivity index (χ3v) is 7.48. The molecule has 2 saturated heterocycles. The summed E-state index contributed by atoms with van der Waals surface area (Å²) in [4.78, 5) is 3.30. The fourth-order valence-electron chi connectivity index (χ4n) is 4.33. The van der Waals surface area contributed by atoms with Crippen molar-refractivity contribution in [1.29, 1.82) is 0 Å². The second kappa shape index (κ2) is 10.8. The van der Waals surface area contributed by atoms with Crippen LogP contribution >= 0.6 is 11.8 Å². The third kappa shape index (κ3) is 5.45. The maximum Gasteiger partial charge on any atom is 0.115 e. The second-order valence-electron chi connectivity index (χ2n) is 8.52. The molecule has 0 aliphatic carbocycles. The van der Waals surface area contributed by atoms with E-state index in [0.29, 0.717) is 5.76 Å². The predicted octanol–water partition coefficient (Wildman–Crippen LogP) is 5.80. The number of nitrogens with zero attached hydrogens (tertiary/aromatic N) is 1. The molecule has 3 N–H and O–H groups in total. The van der Waals surface area contributed by atoms with Gasteiger partial charge in [0.25, 0.3) is 0 Å². The Hall–Kier alpha value is -3.25. The number of hydrogen-bond acceptors (Lipinski definition) is 6. The lowest BCUT2D eigenvalue weighted by Gasteiger charge is -2.41. The summed E-state index contributed by atoms with van der Waals surface area (Å²) in [5.41, 5.74) is 4.08. The number of rotatable bonds is 9. The van der Waals surface area contributed by atoms with Crippen molar-refractivity contribution >= 4 is 17.3 Å². The molecule has 0 unspecified atom stereocenters. The lowest BCUT2D eigenvalue weighted by Crippen LogP contribution is -2.51. The Labute approximate surface area is 208 Å². The molecule has 2 aliphatic rings. The second-order valence-corrected chi connectivity index (χ2v) is 9.63. The molecule has 2 fully saturated rings. The van der Waals surface area contributed by atoms with Crippen LogP contribution in [0.2, 0.25) is 0 Å². The molecule has 180 valence electrons. The molecule has 1 spiro atoms. The normalized spacial score (nSPS) is 18.1. The Bertz CT molecular complexity index is 1060. The van der Waals surface area contributed by atoms with Gasteiger partial charge in [-0.3, -0.25) is 0 Å². The first-order valence-electron chi connectivity index (χ1n) is 11.4. The van der Waals surface area contributed by atoms with Crippen molar-refractivity contribution in [1.82, 2.24) is 20.9 Å². The maximum atomic E-state index is 5.45. The summed E-state index contributed by atoms with van der Waals surface area (Å²) in [6, 6.07) is 10.3. The van der Waals surface area contributed by atoms with Crippen LogP contribution in [-0.2, 0) is 4.74 Å².